The number of nitrogens with zero attached hydrogens (tertiary/aromatic N) is 18. The number of fused-ring (bicyclic) bond motifs is 2. The van der Waals surface area contributed by atoms with E-state index in [2.05, 4.69) is 87.1 Å². The van der Waals surface area contributed by atoms with Crippen LogP contribution in [0.25, 0.3) is 28.0 Å². The fourth-order valence-electron chi connectivity index (χ4n) is 4.82. The molecule has 7 aromatic heterocycles. The molecule has 7 rings (SSSR count). The highest BCUT2D eigenvalue weighted by Gasteiger charge is 2.24. The highest BCUT2D eigenvalue weighted by molar-refractivity contribution is 5.69. The Balaban J connectivity index is 1.35. The van der Waals surface area contributed by atoms with Crippen molar-refractivity contribution in [3.63, 3.8) is 0 Å². The van der Waals surface area contributed by atoms with E-state index in [1.165, 1.54) is 0 Å². The molecular weight excluding hydrogens is 610 g/mol. The predicted octanol–water partition coefficient (Wildman–Crippen LogP) is 3.38. The van der Waals surface area contributed by atoms with Crippen molar-refractivity contribution in [2.24, 2.45) is 20.5 Å². The summed E-state index contributed by atoms with van der Waals surface area (Å²) in [5, 5.41) is 58.5. The van der Waals surface area contributed by atoms with Gasteiger partial charge in [-0.2, -0.15) is 34.8 Å². The highest BCUT2D eigenvalue weighted by atomic mass is 16.1. The van der Waals surface area contributed by atoms with E-state index >= 15 is 0 Å². The zero-order chi connectivity index (χ0) is 33.1. The second-order valence-corrected chi connectivity index (χ2v) is 10.2. The molecule has 0 spiro atoms. The molecule has 0 amide bonds. The van der Waals surface area contributed by atoms with E-state index in [1.54, 1.807) is 50.6 Å². The molecule has 0 unspecified atom stereocenters. The van der Waals surface area contributed by atoms with E-state index < -0.39 is 5.69 Å². The van der Waals surface area contributed by atoms with Gasteiger partial charge in [0.05, 0.1) is 29.3 Å². The van der Waals surface area contributed by atoms with Crippen molar-refractivity contribution in [3.8, 4) is 18.0 Å². The molecule has 0 fully saturated rings. The summed E-state index contributed by atoms with van der Waals surface area (Å²) >= 11 is 0. The number of aromatic amines is 3. The van der Waals surface area contributed by atoms with Gasteiger partial charge in [-0.05, 0) is 41.5 Å². The van der Waals surface area contributed by atoms with E-state index in [0.29, 0.717) is 51.4 Å². The summed E-state index contributed by atoms with van der Waals surface area (Å²) in [6, 6.07) is 2.07. The van der Waals surface area contributed by atoms with Crippen molar-refractivity contribution < 1.29 is 0 Å². The van der Waals surface area contributed by atoms with Crippen molar-refractivity contribution >= 4 is 40.0 Å². The van der Waals surface area contributed by atoms with Crippen LogP contribution in [-0.2, 0) is 0 Å². The van der Waals surface area contributed by atoms with Gasteiger partial charge in [-0.3, -0.25) is 15.2 Å². The van der Waals surface area contributed by atoms with Crippen LogP contribution in [0.3, 0.4) is 0 Å². The third-order valence-electron chi connectivity index (χ3n) is 7.11. The Bertz CT molecular complexity index is 2420. The number of H-pyrrole nitrogens is 3. The van der Waals surface area contributed by atoms with E-state index in [4.69, 9.17) is 6.57 Å². The average Bonchev–Trinajstić information content (AvgIpc) is 3.86. The first-order valence-electron chi connectivity index (χ1n) is 13.7. The van der Waals surface area contributed by atoms with Crippen LogP contribution in [0.2, 0.25) is 0 Å². The molecule has 0 bridgehead atoms. The molecule has 0 atom stereocenters. The quantitative estimate of drug-likeness (QED) is 0.178. The Hall–Kier alpha value is -7.23. The zero-order valence-corrected chi connectivity index (χ0v) is 25.5. The minimum absolute atomic E-state index is 0.0161. The second kappa shape index (κ2) is 10.4. The van der Waals surface area contributed by atoms with Crippen LogP contribution < -0.4 is 5.69 Å². The minimum atomic E-state index is -0.829. The zero-order valence-electron chi connectivity index (χ0n) is 25.5. The third kappa shape index (κ3) is 4.43. The molecule has 0 saturated heterocycles. The fraction of sp³-hybridized carbons (Fsp3) is 0.240. The monoisotopic (exact) mass is 631 g/mol. The first-order valence-corrected chi connectivity index (χ1v) is 13.7. The van der Waals surface area contributed by atoms with Crippen molar-refractivity contribution in [2.75, 3.05) is 0 Å². The van der Waals surface area contributed by atoms with Gasteiger partial charge < -0.3 is 0 Å². The summed E-state index contributed by atoms with van der Waals surface area (Å²) < 4.78 is 5.57. The number of nitriles is 1. The maximum absolute atomic E-state index is 12.9. The molecule has 0 aliphatic carbocycles. The van der Waals surface area contributed by atoms with Crippen LogP contribution >= 0.6 is 0 Å². The molecule has 0 aliphatic rings. The summed E-state index contributed by atoms with van der Waals surface area (Å²) in [6.07, 6.45) is 0. The highest BCUT2D eigenvalue weighted by Crippen LogP contribution is 2.36. The molecule has 22 heteroatoms. The lowest BCUT2D eigenvalue weighted by molar-refractivity contribution is 0.723. The Morgan fingerprint density at radius 3 is 1.91 bits per heavy atom. The smallest absolute Gasteiger partial charge is 0.293 e. The number of hydrogen-bond donors (Lipinski definition) is 3. The summed E-state index contributed by atoms with van der Waals surface area (Å²) in [5.74, 6) is 0.780. The van der Waals surface area contributed by atoms with Crippen molar-refractivity contribution in [3.05, 3.63) is 61.9 Å². The fourth-order valence-corrected chi connectivity index (χ4v) is 4.82. The minimum Gasteiger partial charge on any atom is -0.293 e. The molecule has 0 radical (unpaired) electrons. The number of aromatic nitrogens is 15. The van der Waals surface area contributed by atoms with Gasteiger partial charge in [-0.25, -0.2) is 18.7 Å². The molecule has 47 heavy (non-hydrogen) atoms. The van der Waals surface area contributed by atoms with E-state index in [-0.39, 0.29) is 40.5 Å². The third-order valence-corrected chi connectivity index (χ3v) is 7.11. The molecule has 0 aromatic carbocycles. The first-order chi connectivity index (χ1) is 22.6. The molecule has 7 aromatic rings. The van der Waals surface area contributed by atoms with Gasteiger partial charge in [0.1, 0.15) is 23.3 Å². The van der Waals surface area contributed by atoms with Gasteiger partial charge in [0, 0.05) is 0 Å². The van der Waals surface area contributed by atoms with Gasteiger partial charge >= 0.3 is 5.69 Å². The van der Waals surface area contributed by atoms with E-state index in [0.717, 1.165) is 9.36 Å². The van der Waals surface area contributed by atoms with Gasteiger partial charge in [0.2, 0.25) is 17.2 Å². The summed E-state index contributed by atoms with van der Waals surface area (Å²) in [4.78, 5) is 27.4. The number of aryl methyl sites for hydroxylation is 6. The topological polar surface area (TPSA) is 264 Å². The summed E-state index contributed by atoms with van der Waals surface area (Å²) in [6.45, 7) is 18.1. The van der Waals surface area contributed by atoms with Crippen LogP contribution in [0.1, 0.15) is 40.0 Å². The lowest BCUT2D eigenvalue weighted by Gasteiger charge is -2.06. The van der Waals surface area contributed by atoms with Crippen LogP contribution in [0.4, 0.5) is 28.7 Å². The number of rotatable bonds is 6. The molecule has 7 heterocycles. The Morgan fingerprint density at radius 1 is 0.766 bits per heavy atom. The lowest BCUT2D eigenvalue weighted by Crippen LogP contribution is -2.21. The van der Waals surface area contributed by atoms with Crippen LogP contribution in [0.5, 0.6) is 0 Å². The lowest BCUT2D eigenvalue weighted by atomic mass is 10.3. The molecule has 3 N–H and O–H groups in total. The average molecular weight is 632 g/mol. The number of nitrogens with one attached hydrogen (secondary N) is 3. The van der Waals surface area contributed by atoms with Gasteiger partial charge in [-0.1, -0.05) is 0 Å². The molecule has 0 saturated carbocycles. The van der Waals surface area contributed by atoms with Crippen molar-refractivity contribution in [1.82, 2.24) is 74.1 Å². The van der Waals surface area contributed by atoms with E-state index in [9.17, 15) is 10.1 Å². The van der Waals surface area contributed by atoms with Gasteiger partial charge in [0.15, 0.2) is 23.0 Å². The molecule has 22 nitrogen and oxygen atoms in total. The summed E-state index contributed by atoms with van der Waals surface area (Å²) in [5.41, 5.74) is 2.88. The van der Waals surface area contributed by atoms with Crippen molar-refractivity contribution in [1.29, 1.82) is 5.26 Å². The normalized spacial score (nSPS) is 11.9. The standard InChI is InChI=1S/C25H21N21O/c1-9-15(8-26)19(35-33-17-11(3)40-43-13(5)31-36-21(17)43)45(39-9)23-28-24(30-25(47)29-23)46-20(16(27-7)10(2)42-46)38-34-18-12(4)41-44-14(6)32-37-22(18)44/h40-41H,1-6H3,(H,28,29,30,47). The summed E-state index contributed by atoms with van der Waals surface area (Å²) in [7, 11) is 0. The second-order valence-electron chi connectivity index (χ2n) is 10.2. The number of hydrogen-bond acceptors (Lipinski definition) is 14. The predicted molar refractivity (Wildman–Crippen MR) is 159 cm³/mol. The van der Waals surface area contributed by atoms with E-state index in [1.807, 2.05) is 0 Å². The largest absolute Gasteiger partial charge is 0.351 e. The molecule has 232 valence electrons. The Labute approximate surface area is 261 Å². The Kier molecular flexibility index (Phi) is 6.34. The molecular formula is C25H21N21O. The Morgan fingerprint density at radius 2 is 1.34 bits per heavy atom. The van der Waals surface area contributed by atoms with Crippen LogP contribution in [-0.4, -0.2) is 74.1 Å². The van der Waals surface area contributed by atoms with Gasteiger partial charge in [0.25, 0.3) is 11.6 Å². The van der Waals surface area contributed by atoms with Crippen molar-refractivity contribution in [2.45, 2.75) is 41.5 Å². The molecule has 0 aliphatic heterocycles. The first kappa shape index (κ1) is 28.5. The maximum Gasteiger partial charge on any atom is 0.351 e. The van der Waals surface area contributed by atoms with Crippen LogP contribution in [0, 0.1) is 59.4 Å². The van der Waals surface area contributed by atoms with Crippen LogP contribution in [0.15, 0.2) is 25.3 Å². The maximum atomic E-state index is 12.9. The van der Waals surface area contributed by atoms with Gasteiger partial charge in [-0.15, -0.1) is 40.9 Å². The SMILES string of the molecule is [C-]#[N+]c1c(C)nn(-c2nc(-n3nc(C)c(C#N)c3N=Nc3c(C)[nH]n4c(C)nnc34)nc(=O)[nH]2)c1N=Nc1c(C)[nH]n2c(C)nnc12. The number of azo groups is 2.